The highest BCUT2D eigenvalue weighted by atomic mass is 16.5. The summed E-state index contributed by atoms with van der Waals surface area (Å²) in [6.07, 6.45) is 5.52. The second-order valence-corrected chi connectivity index (χ2v) is 6.25. The van der Waals surface area contributed by atoms with Gasteiger partial charge in [-0.1, -0.05) is 24.1 Å². The van der Waals surface area contributed by atoms with E-state index < -0.39 is 0 Å². The summed E-state index contributed by atoms with van der Waals surface area (Å²) in [5.41, 5.74) is 3.38. The summed E-state index contributed by atoms with van der Waals surface area (Å²) in [5, 5.41) is 0.885. The van der Waals surface area contributed by atoms with Crippen LogP contribution in [0.4, 0.5) is 5.69 Å². The summed E-state index contributed by atoms with van der Waals surface area (Å²) in [6, 6.07) is 13.4. The van der Waals surface area contributed by atoms with Crippen LogP contribution in [0, 0.1) is 19.3 Å². The van der Waals surface area contributed by atoms with Crippen LogP contribution in [0.15, 0.2) is 42.5 Å². The topological polar surface area (TPSA) is 54.6 Å². The van der Waals surface area contributed by atoms with E-state index in [0.29, 0.717) is 23.7 Å². The van der Waals surface area contributed by atoms with Gasteiger partial charge < -0.3 is 19.4 Å². The van der Waals surface area contributed by atoms with Gasteiger partial charge in [-0.05, 0) is 30.7 Å². The number of methoxy groups -OCH3 is 2. The van der Waals surface area contributed by atoms with Crippen molar-refractivity contribution >= 4 is 22.4 Å². The highest BCUT2D eigenvalue weighted by Gasteiger charge is 2.17. The lowest BCUT2D eigenvalue weighted by molar-refractivity contribution is 0.0996. The third-order valence-corrected chi connectivity index (χ3v) is 4.50. The van der Waals surface area contributed by atoms with Crippen LogP contribution < -0.4 is 14.4 Å². The van der Waals surface area contributed by atoms with Gasteiger partial charge in [-0.3, -0.25) is 4.79 Å². The quantitative estimate of drug-likeness (QED) is 0.513. The summed E-state index contributed by atoms with van der Waals surface area (Å²) in [6.45, 7) is 2.55. The average Bonchev–Trinajstić information content (AvgIpc) is 3.10. The van der Waals surface area contributed by atoms with Gasteiger partial charge in [0.25, 0.3) is 0 Å². The molecule has 0 saturated heterocycles. The van der Waals surface area contributed by atoms with Crippen molar-refractivity contribution in [1.82, 2.24) is 4.98 Å². The molecule has 0 atom stereocenters. The van der Waals surface area contributed by atoms with Gasteiger partial charge in [0.1, 0.15) is 0 Å². The Hall–Kier alpha value is -3.39. The highest BCUT2D eigenvalue weighted by Crippen LogP contribution is 2.32. The number of anilines is 1. The second-order valence-electron chi connectivity index (χ2n) is 6.25. The molecule has 0 saturated carbocycles. The maximum absolute atomic E-state index is 12.9. The normalized spacial score (nSPS) is 10.4. The van der Waals surface area contributed by atoms with Crippen LogP contribution in [0.25, 0.3) is 10.9 Å². The molecule has 1 aromatic heterocycles. The minimum atomic E-state index is -0.0392. The maximum atomic E-state index is 12.9. The van der Waals surface area contributed by atoms with Crippen LogP contribution in [-0.4, -0.2) is 38.1 Å². The van der Waals surface area contributed by atoms with Gasteiger partial charge in [0, 0.05) is 22.7 Å². The van der Waals surface area contributed by atoms with Crippen LogP contribution >= 0.6 is 0 Å². The average molecular weight is 362 g/mol. The van der Waals surface area contributed by atoms with Crippen molar-refractivity contribution in [1.29, 1.82) is 0 Å². The first-order valence-corrected chi connectivity index (χ1v) is 8.59. The van der Waals surface area contributed by atoms with Crippen molar-refractivity contribution in [3.8, 4) is 23.8 Å². The smallest absolute Gasteiger partial charge is 0.198 e. The molecule has 0 radical (unpaired) electrons. The van der Waals surface area contributed by atoms with Crippen LogP contribution in [0.1, 0.15) is 16.1 Å². The van der Waals surface area contributed by atoms with Crippen LogP contribution in [0.2, 0.25) is 0 Å². The predicted molar refractivity (Wildman–Crippen MR) is 108 cm³/mol. The molecule has 0 fully saturated rings. The Morgan fingerprint density at radius 3 is 2.52 bits per heavy atom. The van der Waals surface area contributed by atoms with E-state index >= 15 is 0 Å². The third kappa shape index (κ3) is 3.75. The molecule has 0 aliphatic rings. The molecule has 0 spiro atoms. The minimum Gasteiger partial charge on any atom is -0.493 e. The Bertz CT molecular complexity index is 973. The van der Waals surface area contributed by atoms with Crippen LogP contribution in [-0.2, 0) is 0 Å². The van der Waals surface area contributed by atoms with E-state index in [-0.39, 0.29) is 12.3 Å². The highest BCUT2D eigenvalue weighted by molar-refractivity contribution is 6.02. The number of carbonyl (C=O) groups is 1. The number of H-pyrrole nitrogens is 1. The molecule has 0 bridgehead atoms. The molecule has 1 heterocycles. The number of Topliss-reactive ketones (excluding diaryl/α,β-unsaturated/α-hetero) is 1. The van der Waals surface area contributed by atoms with Crippen molar-refractivity contribution in [2.45, 2.75) is 6.92 Å². The molecule has 0 amide bonds. The number of nitrogens with zero attached hydrogens (tertiary/aromatic N) is 1. The molecule has 0 unspecified atom stereocenters. The van der Waals surface area contributed by atoms with E-state index in [9.17, 15) is 4.79 Å². The first kappa shape index (κ1) is 18.4. The third-order valence-electron chi connectivity index (χ3n) is 4.50. The van der Waals surface area contributed by atoms with Gasteiger partial charge >= 0.3 is 0 Å². The fraction of sp³-hybridized carbons (Fsp3) is 0.227. The largest absolute Gasteiger partial charge is 0.493 e. The number of ketones is 1. The van der Waals surface area contributed by atoms with Gasteiger partial charge in [-0.2, -0.15) is 0 Å². The number of aromatic amines is 1. The number of hydrogen-bond donors (Lipinski definition) is 1. The number of ether oxygens (including phenoxy) is 2. The number of aromatic nitrogens is 1. The zero-order valence-corrected chi connectivity index (χ0v) is 15.7. The Morgan fingerprint density at radius 1 is 1.15 bits per heavy atom. The number of benzene rings is 2. The number of hydrogen-bond acceptors (Lipinski definition) is 4. The number of aryl methyl sites for hydroxylation is 1. The molecule has 3 rings (SSSR count). The Labute approximate surface area is 158 Å². The SMILES string of the molecule is C#CCN(CC(=O)c1cc2cc(OC)c(OC)cc2[nH]1)c1ccccc1C. The molecule has 5 nitrogen and oxygen atoms in total. The first-order valence-electron chi connectivity index (χ1n) is 8.59. The van der Waals surface area contributed by atoms with Crippen molar-refractivity contribution in [2.24, 2.45) is 0 Å². The Morgan fingerprint density at radius 2 is 1.85 bits per heavy atom. The number of carbonyl (C=O) groups excluding carboxylic acids is 1. The number of para-hydroxylation sites is 1. The fourth-order valence-electron chi connectivity index (χ4n) is 3.12. The molecule has 27 heavy (non-hydrogen) atoms. The van der Waals surface area contributed by atoms with E-state index in [2.05, 4.69) is 10.9 Å². The molecule has 0 aliphatic carbocycles. The summed E-state index contributed by atoms with van der Waals surface area (Å²) in [7, 11) is 3.17. The number of rotatable bonds is 7. The van der Waals surface area contributed by atoms with Crippen molar-refractivity contribution in [3.05, 3.63) is 53.7 Å². The van der Waals surface area contributed by atoms with Gasteiger partial charge in [-0.15, -0.1) is 6.42 Å². The van der Waals surface area contributed by atoms with Gasteiger partial charge in [0.2, 0.25) is 0 Å². The van der Waals surface area contributed by atoms with Gasteiger partial charge in [0.05, 0.1) is 33.0 Å². The standard InChI is InChI=1S/C22H22N2O3/c1-5-10-24(19-9-7-6-8-15(19)2)14-20(25)18-11-16-12-21(26-3)22(27-4)13-17(16)23-18/h1,6-9,11-13,23H,10,14H2,2-4H3. The monoisotopic (exact) mass is 362 g/mol. The van der Waals surface area contributed by atoms with E-state index in [1.165, 1.54) is 0 Å². The summed E-state index contributed by atoms with van der Waals surface area (Å²) in [4.78, 5) is 18.0. The fourth-order valence-corrected chi connectivity index (χ4v) is 3.12. The van der Waals surface area contributed by atoms with Gasteiger partial charge in [-0.25, -0.2) is 0 Å². The summed E-state index contributed by atoms with van der Waals surface area (Å²) in [5.74, 6) is 3.83. The minimum absolute atomic E-state index is 0.0392. The van der Waals surface area contributed by atoms with E-state index in [0.717, 1.165) is 22.2 Å². The first-order chi connectivity index (χ1) is 13.1. The van der Waals surface area contributed by atoms with Crippen molar-refractivity contribution in [2.75, 3.05) is 32.2 Å². The molecule has 1 N–H and O–H groups in total. The van der Waals surface area contributed by atoms with E-state index in [1.807, 2.05) is 54.3 Å². The Kier molecular flexibility index (Phi) is 5.37. The number of terminal acetylenes is 1. The van der Waals surface area contributed by atoms with Crippen molar-refractivity contribution in [3.63, 3.8) is 0 Å². The molecular weight excluding hydrogens is 340 g/mol. The van der Waals surface area contributed by atoms with Crippen molar-refractivity contribution < 1.29 is 14.3 Å². The molecule has 138 valence electrons. The van der Waals surface area contributed by atoms with E-state index in [4.69, 9.17) is 15.9 Å². The van der Waals surface area contributed by atoms with Gasteiger partial charge in [0.15, 0.2) is 17.3 Å². The van der Waals surface area contributed by atoms with Crippen LogP contribution in [0.3, 0.4) is 0 Å². The summed E-state index contributed by atoms with van der Waals surface area (Å²) < 4.78 is 10.6. The van der Waals surface area contributed by atoms with Crippen LogP contribution in [0.5, 0.6) is 11.5 Å². The lowest BCUT2D eigenvalue weighted by atomic mass is 10.1. The zero-order chi connectivity index (χ0) is 19.4. The number of nitrogens with one attached hydrogen (secondary N) is 1. The predicted octanol–water partition coefficient (Wildman–Crippen LogP) is 3.82. The number of fused-ring (bicyclic) bond motifs is 1. The molecule has 0 aliphatic heterocycles. The zero-order valence-electron chi connectivity index (χ0n) is 15.7. The molecule has 2 aromatic carbocycles. The molecule has 3 aromatic rings. The second kappa shape index (κ2) is 7.88. The Balaban J connectivity index is 1.90. The summed E-state index contributed by atoms with van der Waals surface area (Å²) >= 11 is 0. The molecule has 5 heteroatoms. The lowest BCUT2D eigenvalue weighted by Gasteiger charge is -2.23. The van der Waals surface area contributed by atoms with E-state index in [1.54, 1.807) is 14.2 Å². The lowest BCUT2D eigenvalue weighted by Crippen LogP contribution is -2.31. The molecular formula is C22H22N2O3. The maximum Gasteiger partial charge on any atom is 0.198 e.